The van der Waals surface area contributed by atoms with E-state index in [9.17, 15) is 27.6 Å². The van der Waals surface area contributed by atoms with Crippen LogP contribution in [0.3, 0.4) is 0 Å². The van der Waals surface area contributed by atoms with Crippen molar-refractivity contribution in [2.24, 2.45) is 5.92 Å². The molecule has 54 heavy (non-hydrogen) atoms. The molecule has 1 saturated carbocycles. The predicted octanol–water partition coefficient (Wildman–Crippen LogP) is 0.237. The molecule has 3 fully saturated rings. The fourth-order valence-corrected chi connectivity index (χ4v) is 10.8. The Labute approximate surface area is 326 Å². The number of alkyl halides is 2. The van der Waals surface area contributed by atoms with Crippen LogP contribution in [-0.4, -0.2) is 97.3 Å². The van der Waals surface area contributed by atoms with Crippen molar-refractivity contribution >= 4 is 44.9 Å². The van der Waals surface area contributed by atoms with Gasteiger partial charge in [0.2, 0.25) is 0 Å². The van der Waals surface area contributed by atoms with Crippen LogP contribution in [0, 0.1) is 12.8 Å². The molecule has 1 aromatic carbocycles. The second kappa shape index (κ2) is 15.8. The Morgan fingerprint density at radius 1 is 1.09 bits per heavy atom. The van der Waals surface area contributed by atoms with Crippen molar-refractivity contribution in [3.63, 3.8) is 0 Å². The van der Waals surface area contributed by atoms with E-state index in [1.165, 1.54) is 4.90 Å². The van der Waals surface area contributed by atoms with E-state index in [1.807, 2.05) is 26.0 Å². The van der Waals surface area contributed by atoms with Crippen LogP contribution in [0.4, 0.5) is 4.79 Å². The average Bonchev–Trinajstić information content (AvgIpc) is 4.00. The molecular weight excluding hydrogens is 831 g/mol. The summed E-state index contributed by atoms with van der Waals surface area (Å²) in [6.45, 7) is 8.96. The van der Waals surface area contributed by atoms with E-state index in [4.69, 9.17) is 14.2 Å². The van der Waals surface area contributed by atoms with E-state index < -0.39 is 87.6 Å². The molecule has 0 unspecified atom stereocenters. The van der Waals surface area contributed by atoms with Crippen LogP contribution in [-0.2, 0) is 29.1 Å². The molecule has 3 aliphatic heterocycles. The summed E-state index contributed by atoms with van der Waals surface area (Å²) in [7, 11) is -2.42. The Morgan fingerprint density at radius 2 is 1.85 bits per heavy atom. The fraction of sp³-hybridized carbons (Fsp3) is 0.622. The number of rotatable bonds is 9. The van der Waals surface area contributed by atoms with E-state index >= 15 is 0 Å². The summed E-state index contributed by atoms with van der Waals surface area (Å²) in [5.74, 6) is -0.970. The number of alkyl carbamates (subject to hydrolysis) is 1. The zero-order chi connectivity index (χ0) is 39.0. The number of nitrogens with one attached hydrogen (secondary N) is 3. The minimum absolute atomic E-state index is 0.0197. The van der Waals surface area contributed by atoms with Crippen LogP contribution in [0.2, 0.25) is 0 Å². The second-order valence-corrected chi connectivity index (χ2v) is 21.0. The van der Waals surface area contributed by atoms with Gasteiger partial charge in [-0.3, -0.25) is 0 Å². The van der Waals surface area contributed by atoms with Gasteiger partial charge in [0, 0.05) is 0 Å². The first-order valence-corrected chi connectivity index (χ1v) is 22.3. The third kappa shape index (κ3) is 8.55. The number of hydrogen-bond donors (Lipinski definition) is 3. The van der Waals surface area contributed by atoms with Crippen molar-refractivity contribution in [2.45, 2.75) is 122 Å². The molecule has 2 aromatic rings. The Balaban J connectivity index is 1.31. The van der Waals surface area contributed by atoms with Crippen molar-refractivity contribution in [1.29, 1.82) is 0 Å². The summed E-state index contributed by atoms with van der Waals surface area (Å²) >= 11 is -1.03. The topological polar surface area (TPSA) is 195 Å². The molecule has 1 aromatic heterocycles. The number of sulfonamides is 1. The first-order valence-electron chi connectivity index (χ1n) is 18.5. The standard InChI is InChI=1S/C37H50IN6O9S/c1-21(2)23(4)52-35(48)41-27-12-10-8-7-9-11-13-30-37(38-30,34(47)43-54(49,50)36(5)16-17-36)42-31(45)29-19-25(20-44(29)33(27)46)53-32-22(3)39-26-15-14-24(51-6)18-28(26)40-32/h11,13-15,18,21,23,25,27,29-30H,7-10,12,16-17,19-20H2,1-6H3,(H,41,48)(H,42,45)(H,43,47)/q-1/b13-11-/t23-,25+,27-,29-,30-,37+/m0/s1. The zero-order valence-electron chi connectivity index (χ0n) is 31.5. The number of carbonyl (C=O) groups is 4. The van der Waals surface area contributed by atoms with Gasteiger partial charge in [0.05, 0.1) is 7.11 Å². The van der Waals surface area contributed by atoms with E-state index in [0.717, 1.165) is 12.8 Å². The molecule has 4 heterocycles. The number of nitrogens with zero attached hydrogens (tertiary/aromatic N) is 3. The number of aryl methyl sites for hydroxylation is 1. The van der Waals surface area contributed by atoms with Crippen molar-refractivity contribution in [3.05, 3.63) is 36.0 Å². The molecule has 0 spiro atoms. The van der Waals surface area contributed by atoms with Gasteiger partial charge in [-0.05, 0) is 6.07 Å². The second-order valence-electron chi connectivity index (χ2n) is 15.2. The molecule has 0 bridgehead atoms. The van der Waals surface area contributed by atoms with E-state index in [-0.39, 0.29) is 28.7 Å². The molecule has 3 N–H and O–H groups in total. The quantitative estimate of drug-likeness (QED) is 0.135. The minimum atomic E-state index is -3.97. The molecule has 0 radical (unpaired) electrons. The van der Waals surface area contributed by atoms with Crippen molar-refractivity contribution < 1.29 is 63.0 Å². The van der Waals surface area contributed by atoms with Crippen LogP contribution in [0.5, 0.6) is 11.6 Å². The number of carbonyl (C=O) groups excluding carboxylic acids is 4. The fourth-order valence-electron chi connectivity index (χ4n) is 6.50. The van der Waals surface area contributed by atoms with E-state index in [0.29, 0.717) is 54.6 Å². The van der Waals surface area contributed by atoms with Gasteiger partial charge in [0.25, 0.3) is 0 Å². The molecule has 17 heteroatoms. The third-order valence-electron chi connectivity index (χ3n) is 10.7. The molecule has 1 aliphatic carbocycles. The maximum atomic E-state index is 14.5. The summed E-state index contributed by atoms with van der Waals surface area (Å²) in [6.07, 6.45) is 6.21. The van der Waals surface area contributed by atoms with Crippen LogP contribution in [0.25, 0.3) is 11.0 Å². The van der Waals surface area contributed by atoms with Crippen LogP contribution in [0.15, 0.2) is 30.4 Å². The van der Waals surface area contributed by atoms with E-state index in [1.54, 1.807) is 46.1 Å². The van der Waals surface area contributed by atoms with Crippen LogP contribution in [0.1, 0.15) is 84.8 Å². The summed E-state index contributed by atoms with van der Waals surface area (Å²) in [6, 6.07) is 3.21. The van der Waals surface area contributed by atoms with Gasteiger partial charge in [-0.15, -0.1) is 0 Å². The number of fused-ring (bicyclic) bond motifs is 3. The Hall–Kier alpha value is -3.74. The number of amides is 4. The molecule has 15 nitrogen and oxygen atoms in total. The molecule has 6 atom stereocenters. The summed E-state index contributed by atoms with van der Waals surface area (Å²) in [5.41, 5.74) is 1.68. The van der Waals surface area contributed by atoms with Gasteiger partial charge in [-0.25, -0.2) is 0 Å². The number of aromatic nitrogens is 2. The summed E-state index contributed by atoms with van der Waals surface area (Å²) in [5, 5.41) is 5.70. The van der Waals surface area contributed by atoms with E-state index in [2.05, 4.69) is 25.3 Å². The first kappa shape index (κ1) is 39.9. The van der Waals surface area contributed by atoms with Gasteiger partial charge >= 0.3 is 296 Å². The molecule has 2 saturated heterocycles. The van der Waals surface area contributed by atoms with Gasteiger partial charge in [0.15, 0.2) is 0 Å². The Bertz CT molecular complexity index is 1940. The average molecular weight is 882 g/mol. The molecule has 296 valence electrons. The van der Waals surface area contributed by atoms with Gasteiger partial charge in [-0.2, -0.15) is 0 Å². The molecule has 4 amide bonds. The monoisotopic (exact) mass is 881 g/mol. The number of ether oxygens (including phenoxy) is 3. The number of hydrogen-bond acceptors (Lipinski definition) is 11. The first-order chi connectivity index (χ1) is 25.6. The number of benzene rings is 1. The van der Waals surface area contributed by atoms with Gasteiger partial charge in [0.1, 0.15) is 0 Å². The zero-order valence-corrected chi connectivity index (χ0v) is 34.5. The van der Waals surface area contributed by atoms with Crippen LogP contribution >= 0.6 is 0 Å². The number of halogens is 1. The Kier molecular flexibility index (Phi) is 11.7. The van der Waals surface area contributed by atoms with Crippen LogP contribution < -0.4 is 46.0 Å². The summed E-state index contributed by atoms with van der Waals surface area (Å²) in [4.78, 5) is 66.5. The summed E-state index contributed by atoms with van der Waals surface area (Å²) < 4.78 is 43.1. The van der Waals surface area contributed by atoms with Crippen molar-refractivity contribution in [2.75, 3.05) is 13.7 Å². The Morgan fingerprint density at radius 3 is 2.56 bits per heavy atom. The predicted molar refractivity (Wildman–Crippen MR) is 195 cm³/mol. The molecule has 6 rings (SSSR count). The van der Waals surface area contributed by atoms with Crippen molar-refractivity contribution in [1.82, 2.24) is 30.2 Å². The number of methoxy groups -OCH3 is 1. The third-order valence-corrected chi connectivity index (χ3v) is 16.6. The van der Waals surface area contributed by atoms with Crippen molar-refractivity contribution in [3.8, 4) is 11.6 Å². The number of allylic oxidation sites excluding steroid dienone is 1. The van der Waals surface area contributed by atoms with Gasteiger partial charge in [-0.1, -0.05) is 13.8 Å². The molecule has 4 aliphatic rings. The van der Waals surface area contributed by atoms with Gasteiger partial charge < -0.3 is 4.74 Å². The SMILES string of the molecule is COc1ccc2nc(C)c(O[C@@H]3C[C@H]4C(=O)N[C@]5(C(=O)NS(=O)(=O)C6(C)CC6)[I-][C@H]5/C=C\CCCCC[C@H](NC(=O)O[C@@H](C)C(C)C)C(=O)N4C3)nc2c1. The molecular formula is C37H50IN6O9S-. The normalized spacial score (nSPS) is 28.2. The maximum absolute atomic E-state index is 14.5.